The van der Waals surface area contributed by atoms with Crippen LogP contribution in [0.25, 0.3) is 0 Å². The molecule has 0 aromatic heterocycles. The van der Waals surface area contributed by atoms with Crippen LogP contribution in [0, 0.1) is 0 Å². The summed E-state index contributed by atoms with van der Waals surface area (Å²) >= 11 is 0. The molecular formula is C15H20F3NO2. The second-order valence-electron chi connectivity index (χ2n) is 5.63. The van der Waals surface area contributed by atoms with Gasteiger partial charge in [0.1, 0.15) is 11.9 Å². The summed E-state index contributed by atoms with van der Waals surface area (Å²) in [6.45, 7) is 0.745. The highest BCUT2D eigenvalue weighted by Crippen LogP contribution is 2.31. The zero-order valence-corrected chi connectivity index (χ0v) is 11.9. The predicted octanol–water partition coefficient (Wildman–Crippen LogP) is 3.24. The molecule has 0 radical (unpaired) electrons. The highest BCUT2D eigenvalue weighted by Gasteiger charge is 2.51. The Kier molecular flexibility index (Phi) is 4.78. The van der Waals surface area contributed by atoms with Crippen LogP contribution in [0.15, 0.2) is 30.3 Å². The van der Waals surface area contributed by atoms with E-state index in [-0.39, 0.29) is 6.10 Å². The van der Waals surface area contributed by atoms with Crippen molar-refractivity contribution in [3.8, 4) is 5.75 Å². The molecule has 1 fully saturated rings. The summed E-state index contributed by atoms with van der Waals surface area (Å²) in [6, 6.07) is 8.80. The van der Waals surface area contributed by atoms with Gasteiger partial charge in [0.05, 0.1) is 0 Å². The minimum Gasteiger partial charge on any atom is -0.490 e. The number of nitrogens with one attached hydrogen (secondary N) is 1. The third kappa shape index (κ3) is 4.35. The lowest BCUT2D eigenvalue weighted by Crippen LogP contribution is -2.59. The minimum absolute atomic E-state index is 0.136. The Hall–Kier alpha value is -1.27. The van der Waals surface area contributed by atoms with Gasteiger partial charge in [0.2, 0.25) is 5.72 Å². The molecule has 1 aliphatic carbocycles. The van der Waals surface area contributed by atoms with E-state index < -0.39 is 17.9 Å². The number of benzene rings is 1. The molecule has 118 valence electrons. The average Bonchev–Trinajstić information content (AvgIpc) is 2.38. The third-order valence-corrected chi connectivity index (χ3v) is 3.71. The van der Waals surface area contributed by atoms with Gasteiger partial charge in [-0.25, -0.2) is 0 Å². The van der Waals surface area contributed by atoms with Gasteiger partial charge in [-0.2, -0.15) is 13.2 Å². The Balaban J connectivity index is 1.92. The Morgan fingerprint density at radius 1 is 1.19 bits per heavy atom. The van der Waals surface area contributed by atoms with Crippen LogP contribution in [0.4, 0.5) is 13.2 Å². The molecule has 6 heteroatoms. The average molecular weight is 303 g/mol. The normalized spacial score (nSPS) is 26.1. The number of halogens is 3. The molecule has 3 atom stereocenters. The number of para-hydroxylation sites is 1. The van der Waals surface area contributed by atoms with Gasteiger partial charge in [0, 0.05) is 6.04 Å². The lowest BCUT2D eigenvalue weighted by atomic mass is 9.92. The fraction of sp³-hybridized carbons (Fsp3) is 0.600. The van der Waals surface area contributed by atoms with E-state index in [4.69, 9.17) is 4.74 Å². The molecular weight excluding hydrogens is 283 g/mol. The van der Waals surface area contributed by atoms with Gasteiger partial charge in [-0.3, -0.25) is 5.32 Å². The maximum atomic E-state index is 12.7. The molecule has 0 saturated heterocycles. The fourth-order valence-corrected chi connectivity index (χ4v) is 2.55. The van der Waals surface area contributed by atoms with Crippen molar-refractivity contribution in [2.45, 2.75) is 56.7 Å². The Bertz CT molecular complexity index is 448. The zero-order valence-electron chi connectivity index (χ0n) is 11.9. The van der Waals surface area contributed by atoms with Crippen LogP contribution in [0.3, 0.4) is 0 Å². The zero-order chi connectivity index (χ0) is 15.5. The summed E-state index contributed by atoms with van der Waals surface area (Å²) in [5, 5.41) is 11.8. The maximum absolute atomic E-state index is 12.7. The van der Waals surface area contributed by atoms with E-state index in [9.17, 15) is 18.3 Å². The van der Waals surface area contributed by atoms with Gasteiger partial charge in [-0.15, -0.1) is 0 Å². The van der Waals surface area contributed by atoms with Crippen molar-refractivity contribution in [3.63, 3.8) is 0 Å². The molecule has 3 unspecified atom stereocenters. The van der Waals surface area contributed by atoms with Gasteiger partial charge in [0.15, 0.2) is 0 Å². The van der Waals surface area contributed by atoms with Gasteiger partial charge < -0.3 is 9.84 Å². The number of aliphatic hydroxyl groups is 1. The molecule has 0 bridgehead atoms. The van der Waals surface area contributed by atoms with Gasteiger partial charge in [0.25, 0.3) is 0 Å². The summed E-state index contributed by atoms with van der Waals surface area (Å²) in [5.74, 6) is 0.714. The lowest BCUT2D eigenvalue weighted by Gasteiger charge is -2.36. The van der Waals surface area contributed by atoms with Crippen LogP contribution in [0.2, 0.25) is 0 Å². The molecule has 0 spiro atoms. The monoisotopic (exact) mass is 303 g/mol. The highest BCUT2D eigenvalue weighted by molar-refractivity contribution is 5.21. The first-order valence-electron chi connectivity index (χ1n) is 7.06. The van der Waals surface area contributed by atoms with Crippen LogP contribution in [0.1, 0.15) is 32.6 Å². The molecule has 2 N–H and O–H groups in total. The van der Waals surface area contributed by atoms with Crippen LogP contribution in [0.5, 0.6) is 5.75 Å². The Morgan fingerprint density at radius 3 is 2.48 bits per heavy atom. The van der Waals surface area contributed by atoms with Gasteiger partial charge in [-0.1, -0.05) is 18.2 Å². The quantitative estimate of drug-likeness (QED) is 0.839. The van der Waals surface area contributed by atoms with E-state index in [2.05, 4.69) is 5.32 Å². The second kappa shape index (κ2) is 6.23. The molecule has 0 amide bonds. The second-order valence-corrected chi connectivity index (χ2v) is 5.63. The summed E-state index contributed by atoms with van der Waals surface area (Å²) in [4.78, 5) is 0. The molecule has 0 aliphatic heterocycles. The van der Waals surface area contributed by atoms with Crippen LogP contribution in [-0.4, -0.2) is 29.2 Å². The topological polar surface area (TPSA) is 41.5 Å². The largest absolute Gasteiger partial charge is 0.490 e. The third-order valence-electron chi connectivity index (χ3n) is 3.71. The maximum Gasteiger partial charge on any atom is 0.430 e. The summed E-state index contributed by atoms with van der Waals surface area (Å²) in [5.41, 5.74) is -2.87. The number of rotatable bonds is 4. The molecule has 1 aromatic carbocycles. The number of hydrogen-bond acceptors (Lipinski definition) is 3. The van der Waals surface area contributed by atoms with Crippen molar-refractivity contribution in [2.24, 2.45) is 0 Å². The van der Waals surface area contributed by atoms with Crippen molar-refractivity contribution in [3.05, 3.63) is 30.3 Å². The van der Waals surface area contributed by atoms with E-state index >= 15 is 0 Å². The predicted molar refractivity (Wildman–Crippen MR) is 72.9 cm³/mol. The molecule has 1 aliphatic rings. The molecule has 1 saturated carbocycles. The number of alkyl halides is 3. The van der Waals surface area contributed by atoms with E-state index in [1.54, 1.807) is 0 Å². The van der Waals surface area contributed by atoms with Crippen molar-refractivity contribution < 1.29 is 23.0 Å². The fourth-order valence-electron chi connectivity index (χ4n) is 2.55. The SMILES string of the molecule is CC(O)(NC1CCCC(Oc2ccccc2)C1)C(F)(F)F. The number of hydrogen-bond donors (Lipinski definition) is 2. The summed E-state index contributed by atoms with van der Waals surface area (Å²) in [7, 11) is 0. The van der Waals surface area contributed by atoms with E-state index in [0.29, 0.717) is 18.6 Å². The Labute approximate surface area is 122 Å². The van der Waals surface area contributed by atoms with E-state index in [1.165, 1.54) is 0 Å². The lowest BCUT2D eigenvalue weighted by molar-refractivity contribution is -0.268. The molecule has 1 aromatic rings. The summed E-state index contributed by atoms with van der Waals surface area (Å²) < 4.78 is 43.8. The van der Waals surface area contributed by atoms with Crippen LogP contribution >= 0.6 is 0 Å². The molecule has 0 heterocycles. The van der Waals surface area contributed by atoms with Gasteiger partial charge >= 0.3 is 6.18 Å². The number of ether oxygens (including phenoxy) is 1. The van der Waals surface area contributed by atoms with Crippen molar-refractivity contribution in [2.75, 3.05) is 0 Å². The summed E-state index contributed by atoms with van der Waals surface area (Å²) in [6.07, 6.45) is -2.21. The smallest absolute Gasteiger partial charge is 0.430 e. The minimum atomic E-state index is -4.69. The standard InChI is InChI=1S/C15H20F3NO2/c1-14(20,15(16,17)18)19-11-6-5-9-13(10-11)21-12-7-3-2-4-8-12/h2-4,7-8,11,13,19-20H,5-6,9-10H2,1H3. The van der Waals surface area contributed by atoms with E-state index in [0.717, 1.165) is 19.8 Å². The van der Waals surface area contributed by atoms with Crippen molar-refractivity contribution in [1.29, 1.82) is 0 Å². The molecule has 3 nitrogen and oxygen atoms in total. The van der Waals surface area contributed by atoms with Crippen LogP contribution < -0.4 is 10.1 Å². The molecule has 21 heavy (non-hydrogen) atoms. The highest BCUT2D eigenvalue weighted by atomic mass is 19.4. The van der Waals surface area contributed by atoms with Crippen molar-refractivity contribution in [1.82, 2.24) is 5.32 Å². The first-order chi connectivity index (χ1) is 9.78. The first kappa shape index (κ1) is 16.1. The molecule has 2 rings (SSSR count). The first-order valence-corrected chi connectivity index (χ1v) is 7.06. The van der Waals surface area contributed by atoms with Crippen molar-refractivity contribution >= 4 is 0 Å². The van der Waals surface area contributed by atoms with Gasteiger partial charge in [-0.05, 0) is 44.7 Å². The van der Waals surface area contributed by atoms with Crippen LogP contribution in [-0.2, 0) is 0 Å². The Morgan fingerprint density at radius 2 is 1.86 bits per heavy atom. The van der Waals surface area contributed by atoms with E-state index in [1.807, 2.05) is 30.3 Å².